The molecule has 0 spiro atoms. The molecule has 88 valence electrons. The van der Waals surface area contributed by atoms with Crippen LogP contribution in [0.15, 0.2) is 41.4 Å². The molecule has 1 aromatic carbocycles. The molecule has 0 amide bonds. The zero-order valence-electron chi connectivity index (χ0n) is 9.16. The minimum Gasteiger partial charge on any atom is -0.382 e. The fourth-order valence-electron chi connectivity index (χ4n) is 1.40. The summed E-state index contributed by atoms with van der Waals surface area (Å²) in [5.74, 6) is 0.386. The molecule has 2 aromatic rings. The Morgan fingerprint density at radius 1 is 1.18 bits per heavy atom. The molecule has 0 saturated heterocycles. The van der Waals surface area contributed by atoms with Gasteiger partial charge in [0.15, 0.2) is 15.7 Å². The van der Waals surface area contributed by atoms with Crippen molar-refractivity contribution in [3.8, 4) is 11.4 Å². The first-order valence-corrected chi connectivity index (χ1v) is 6.75. The van der Waals surface area contributed by atoms with Crippen molar-refractivity contribution in [2.24, 2.45) is 0 Å². The van der Waals surface area contributed by atoms with Gasteiger partial charge in [-0.05, 0) is 0 Å². The Labute approximate surface area is 99.3 Å². The zero-order chi connectivity index (χ0) is 12.5. The van der Waals surface area contributed by atoms with Gasteiger partial charge < -0.3 is 5.73 Å². The molecular weight excluding hydrogens is 238 g/mol. The van der Waals surface area contributed by atoms with E-state index < -0.39 is 9.84 Å². The lowest BCUT2D eigenvalue weighted by Crippen LogP contribution is -2.06. The highest BCUT2D eigenvalue weighted by molar-refractivity contribution is 7.90. The highest BCUT2D eigenvalue weighted by atomic mass is 32.2. The van der Waals surface area contributed by atoms with Crippen molar-refractivity contribution in [1.29, 1.82) is 0 Å². The maximum absolute atomic E-state index is 11.3. The molecule has 0 aliphatic heterocycles. The second-order valence-electron chi connectivity index (χ2n) is 3.58. The molecule has 0 saturated carbocycles. The van der Waals surface area contributed by atoms with E-state index in [9.17, 15) is 8.42 Å². The largest absolute Gasteiger partial charge is 0.382 e. The van der Waals surface area contributed by atoms with Gasteiger partial charge in [0.25, 0.3) is 0 Å². The van der Waals surface area contributed by atoms with E-state index in [-0.39, 0.29) is 10.7 Å². The third kappa shape index (κ3) is 2.42. The topological polar surface area (TPSA) is 85.9 Å². The molecule has 1 heterocycles. The van der Waals surface area contributed by atoms with E-state index in [2.05, 4.69) is 9.97 Å². The molecule has 5 nitrogen and oxygen atoms in total. The van der Waals surface area contributed by atoms with E-state index in [0.29, 0.717) is 5.82 Å². The SMILES string of the molecule is CS(=O)(=O)c1cnc(-c2ccccc2)nc1N. The van der Waals surface area contributed by atoms with Crippen molar-refractivity contribution in [1.82, 2.24) is 9.97 Å². The first kappa shape index (κ1) is 11.5. The van der Waals surface area contributed by atoms with Crippen LogP contribution in [0.25, 0.3) is 11.4 Å². The fourth-order valence-corrected chi connectivity index (χ4v) is 2.07. The molecule has 2 rings (SSSR count). The maximum Gasteiger partial charge on any atom is 0.180 e. The molecule has 0 fully saturated rings. The van der Waals surface area contributed by atoms with Gasteiger partial charge in [-0.15, -0.1) is 0 Å². The summed E-state index contributed by atoms with van der Waals surface area (Å²) in [6.45, 7) is 0. The minimum absolute atomic E-state index is 0.0265. The van der Waals surface area contributed by atoms with E-state index in [1.807, 2.05) is 30.3 Å². The Morgan fingerprint density at radius 2 is 1.82 bits per heavy atom. The number of nitrogens with zero attached hydrogens (tertiary/aromatic N) is 2. The molecule has 0 radical (unpaired) electrons. The Balaban J connectivity index is 2.53. The second kappa shape index (κ2) is 4.14. The van der Waals surface area contributed by atoms with Gasteiger partial charge in [0, 0.05) is 11.8 Å². The molecule has 2 N–H and O–H groups in total. The minimum atomic E-state index is -3.38. The van der Waals surface area contributed by atoms with Crippen molar-refractivity contribution in [3.05, 3.63) is 36.5 Å². The van der Waals surface area contributed by atoms with Crippen LogP contribution in [-0.4, -0.2) is 24.6 Å². The quantitative estimate of drug-likeness (QED) is 0.862. The molecule has 0 atom stereocenters. The van der Waals surface area contributed by atoms with E-state index in [4.69, 9.17) is 5.73 Å². The smallest absolute Gasteiger partial charge is 0.180 e. The Kier molecular flexibility index (Phi) is 2.81. The van der Waals surface area contributed by atoms with Crippen LogP contribution < -0.4 is 5.73 Å². The van der Waals surface area contributed by atoms with Crippen LogP contribution in [0.3, 0.4) is 0 Å². The number of nitrogens with two attached hydrogens (primary N) is 1. The molecule has 0 bridgehead atoms. The summed E-state index contributed by atoms with van der Waals surface area (Å²) in [7, 11) is -3.38. The molecule has 0 aliphatic carbocycles. The summed E-state index contributed by atoms with van der Waals surface area (Å²) in [4.78, 5) is 7.96. The first-order valence-electron chi connectivity index (χ1n) is 4.86. The lowest BCUT2D eigenvalue weighted by atomic mass is 10.2. The number of sulfone groups is 1. The predicted octanol–water partition coefficient (Wildman–Crippen LogP) is 1.13. The average Bonchev–Trinajstić information content (AvgIpc) is 2.28. The molecule has 0 aliphatic rings. The highest BCUT2D eigenvalue weighted by Crippen LogP contribution is 2.19. The van der Waals surface area contributed by atoms with Crippen molar-refractivity contribution in [2.45, 2.75) is 4.90 Å². The predicted molar refractivity (Wildman–Crippen MR) is 65.0 cm³/mol. The lowest BCUT2D eigenvalue weighted by Gasteiger charge is -2.04. The van der Waals surface area contributed by atoms with Gasteiger partial charge in [-0.1, -0.05) is 30.3 Å². The van der Waals surface area contributed by atoms with E-state index in [1.54, 1.807) is 0 Å². The van der Waals surface area contributed by atoms with Gasteiger partial charge in [-0.3, -0.25) is 0 Å². The van der Waals surface area contributed by atoms with Crippen LogP contribution in [0.4, 0.5) is 5.82 Å². The molecular formula is C11H11N3O2S. The Morgan fingerprint density at radius 3 is 2.35 bits per heavy atom. The normalized spacial score (nSPS) is 11.4. The zero-order valence-corrected chi connectivity index (χ0v) is 9.98. The highest BCUT2D eigenvalue weighted by Gasteiger charge is 2.14. The number of hydrogen-bond donors (Lipinski definition) is 1. The third-order valence-corrected chi connectivity index (χ3v) is 3.33. The van der Waals surface area contributed by atoms with Crippen molar-refractivity contribution < 1.29 is 8.42 Å². The summed E-state index contributed by atoms with van der Waals surface area (Å²) in [5.41, 5.74) is 6.41. The summed E-state index contributed by atoms with van der Waals surface area (Å²) >= 11 is 0. The number of rotatable bonds is 2. The summed E-state index contributed by atoms with van der Waals surface area (Å²) in [6, 6.07) is 9.22. The van der Waals surface area contributed by atoms with Crippen molar-refractivity contribution in [3.63, 3.8) is 0 Å². The lowest BCUT2D eigenvalue weighted by molar-refractivity contribution is 0.601. The second-order valence-corrected chi connectivity index (χ2v) is 5.57. The number of aromatic nitrogens is 2. The average molecular weight is 249 g/mol. The van der Waals surface area contributed by atoms with Crippen LogP contribution in [0, 0.1) is 0 Å². The number of anilines is 1. The standard InChI is InChI=1S/C11H11N3O2S/c1-17(15,16)9-7-13-11(14-10(9)12)8-5-3-2-4-6-8/h2-7H,1H3,(H2,12,13,14). The van der Waals surface area contributed by atoms with Gasteiger partial charge in [-0.2, -0.15) is 0 Å². The number of benzene rings is 1. The van der Waals surface area contributed by atoms with Crippen molar-refractivity contribution in [2.75, 3.05) is 12.0 Å². The maximum atomic E-state index is 11.3. The number of hydrogen-bond acceptors (Lipinski definition) is 5. The first-order chi connectivity index (χ1) is 7.98. The summed E-state index contributed by atoms with van der Waals surface area (Å²) in [5, 5.41) is 0. The monoisotopic (exact) mass is 249 g/mol. The molecule has 0 unspecified atom stereocenters. The van der Waals surface area contributed by atoms with Gasteiger partial charge in [-0.25, -0.2) is 18.4 Å². The number of nitrogen functional groups attached to an aromatic ring is 1. The molecule has 17 heavy (non-hydrogen) atoms. The summed E-state index contributed by atoms with van der Waals surface area (Å²) in [6.07, 6.45) is 2.31. The third-order valence-electron chi connectivity index (χ3n) is 2.21. The van der Waals surface area contributed by atoms with E-state index in [1.165, 1.54) is 6.20 Å². The molecule has 1 aromatic heterocycles. The summed E-state index contributed by atoms with van der Waals surface area (Å²) < 4.78 is 22.7. The fraction of sp³-hybridized carbons (Fsp3) is 0.0909. The van der Waals surface area contributed by atoms with Gasteiger partial charge in [0.1, 0.15) is 10.7 Å². The van der Waals surface area contributed by atoms with Gasteiger partial charge in [0.2, 0.25) is 0 Å². The molecule has 6 heteroatoms. The Hall–Kier alpha value is -1.95. The van der Waals surface area contributed by atoms with Crippen LogP contribution in [0.5, 0.6) is 0 Å². The van der Waals surface area contributed by atoms with Crippen LogP contribution in [0.1, 0.15) is 0 Å². The van der Waals surface area contributed by atoms with Crippen LogP contribution in [0.2, 0.25) is 0 Å². The van der Waals surface area contributed by atoms with Gasteiger partial charge in [0.05, 0.1) is 6.20 Å². The van der Waals surface area contributed by atoms with Crippen molar-refractivity contribution >= 4 is 15.7 Å². The van der Waals surface area contributed by atoms with Crippen LogP contribution >= 0.6 is 0 Å². The van der Waals surface area contributed by atoms with E-state index >= 15 is 0 Å². The van der Waals surface area contributed by atoms with E-state index in [0.717, 1.165) is 11.8 Å². The van der Waals surface area contributed by atoms with Gasteiger partial charge >= 0.3 is 0 Å². The van der Waals surface area contributed by atoms with Crippen LogP contribution in [-0.2, 0) is 9.84 Å². The Bertz CT molecular complexity index is 639.